The van der Waals surface area contributed by atoms with Crippen LogP contribution in [0.3, 0.4) is 0 Å². The van der Waals surface area contributed by atoms with Crippen LogP contribution in [-0.4, -0.2) is 18.0 Å². The highest BCUT2D eigenvalue weighted by Gasteiger charge is 2.65. The number of hydrogen-bond donors (Lipinski definition) is 2. The molecule has 0 radical (unpaired) electrons. The van der Waals surface area contributed by atoms with Gasteiger partial charge in [0.2, 0.25) is 5.91 Å². The van der Waals surface area contributed by atoms with Crippen LogP contribution in [0.1, 0.15) is 54.9 Å². The van der Waals surface area contributed by atoms with E-state index in [9.17, 15) is 4.79 Å². The molecule has 0 aromatic heterocycles. The lowest BCUT2D eigenvalue weighted by Crippen LogP contribution is -2.41. The lowest BCUT2D eigenvalue weighted by atomic mass is 9.85. The van der Waals surface area contributed by atoms with E-state index in [1.54, 1.807) is 0 Å². The molecule has 0 aromatic rings. The van der Waals surface area contributed by atoms with Gasteiger partial charge >= 0.3 is 0 Å². The summed E-state index contributed by atoms with van der Waals surface area (Å²) in [4.78, 5) is 11.9. The highest BCUT2D eigenvalue weighted by Crippen LogP contribution is 2.62. The van der Waals surface area contributed by atoms with Crippen LogP contribution in [0.25, 0.3) is 0 Å². The average Bonchev–Trinajstić information content (AvgIpc) is 2.46. The van der Waals surface area contributed by atoms with Gasteiger partial charge in [-0.1, -0.05) is 48.5 Å². The quantitative estimate of drug-likeness (QED) is 0.795. The van der Waals surface area contributed by atoms with E-state index in [0.717, 1.165) is 0 Å². The Morgan fingerprint density at radius 1 is 1.24 bits per heavy atom. The summed E-state index contributed by atoms with van der Waals surface area (Å²) >= 11 is 0. The number of nitrogens with one attached hydrogen (secondary N) is 1. The topological polar surface area (TPSA) is 55.1 Å². The number of carbonyl (C=O) groups is 1. The van der Waals surface area contributed by atoms with Gasteiger partial charge in [-0.15, -0.1) is 0 Å². The van der Waals surface area contributed by atoms with Gasteiger partial charge in [0.1, 0.15) is 0 Å². The highest BCUT2D eigenvalue weighted by atomic mass is 16.1. The Labute approximate surface area is 106 Å². The smallest absolute Gasteiger partial charge is 0.221 e. The standard InChI is InChI=1S/C14H28N2O/c1-12(2,3)9(15)8-10(17)16-11-13(4,5)14(11,6)7/h9,11H,8,15H2,1-7H3,(H,16,17). The second-order valence-electron chi connectivity index (χ2n) is 7.62. The van der Waals surface area contributed by atoms with Gasteiger partial charge in [-0.05, 0) is 16.2 Å². The number of carbonyl (C=O) groups excluding carboxylic acids is 1. The molecule has 0 bridgehead atoms. The Morgan fingerprint density at radius 3 is 1.94 bits per heavy atom. The van der Waals surface area contributed by atoms with Crippen LogP contribution in [0.15, 0.2) is 0 Å². The molecular weight excluding hydrogens is 212 g/mol. The van der Waals surface area contributed by atoms with Crippen molar-refractivity contribution in [1.82, 2.24) is 5.32 Å². The second kappa shape index (κ2) is 3.98. The summed E-state index contributed by atoms with van der Waals surface area (Å²) in [6.07, 6.45) is 0.409. The first-order valence-corrected chi connectivity index (χ1v) is 6.45. The fraction of sp³-hybridized carbons (Fsp3) is 0.929. The molecule has 3 N–H and O–H groups in total. The van der Waals surface area contributed by atoms with Crippen molar-refractivity contribution in [3.63, 3.8) is 0 Å². The molecule has 0 saturated heterocycles. The minimum Gasteiger partial charge on any atom is -0.352 e. The van der Waals surface area contributed by atoms with Gasteiger partial charge in [-0.3, -0.25) is 4.79 Å². The first-order valence-electron chi connectivity index (χ1n) is 6.45. The number of hydrogen-bond acceptors (Lipinski definition) is 2. The molecule has 1 rings (SSSR count). The molecule has 0 heterocycles. The third-order valence-corrected chi connectivity index (χ3v) is 4.84. The van der Waals surface area contributed by atoms with E-state index in [-0.39, 0.29) is 34.2 Å². The minimum absolute atomic E-state index is 0.0219. The lowest BCUT2D eigenvalue weighted by Gasteiger charge is -2.26. The van der Waals surface area contributed by atoms with Crippen molar-refractivity contribution in [1.29, 1.82) is 0 Å². The molecule has 1 atom stereocenters. The van der Waals surface area contributed by atoms with Gasteiger partial charge in [0.15, 0.2) is 0 Å². The van der Waals surface area contributed by atoms with Crippen LogP contribution in [0, 0.1) is 16.2 Å². The van der Waals surface area contributed by atoms with E-state index in [0.29, 0.717) is 6.42 Å². The average molecular weight is 240 g/mol. The number of amides is 1. The van der Waals surface area contributed by atoms with Crippen LogP contribution < -0.4 is 11.1 Å². The fourth-order valence-electron chi connectivity index (χ4n) is 2.28. The molecule has 1 amide bonds. The van der Waals surface area contributed by atoms with Gasteiger partial charge in [-0.2, -0.15) is 0 Å². The molecule has 1 unspecified atom stereocenters. The predicted octanol–water partition coefficient (Wildman–Crippen LogP) is 2.30. The van der Waals surface area contributed by atoms with E-state index in [4.69, 9.17) is 5.73 Å². The van der Waals surface area contributed by atoms with Gasteiger partial charge in [-0.25, -0.2) is 0 Å². The Balaban J connectivity index is 2.49. The highest BCUT2D eigenvalue weighted by molar-refractivity contribution is 5.77. The molecule has 3 heteroatoms. The second-order valence-corrected chi connectivity index (χ2v) is 7.62. The Hall–Kier alpha value is -0.570. The number of rotatable bonds is 3. The molecule has 1 saturated carbocycles. The van der Waals surface area contributed by atoms with Gasteiger partial charge in [0, 0.05) is 18.5 Å². The SMILES string of the molecule is CC(C)(C)C(N)CC(=O)NC1C(C)(C)C1(C)C. The molecule has 1 aliphatic carbocycles. The van der Waals surface area contributed by atoms with Crippen molar-refractivity contribution >= 4 is 5.91 Å². The molecular formula is C14H28N2O. The van der Waals surface area contributed by atoms with Crippen molar-refractivity contribution in [2.45, 2.75) is 67.0 Å². The van der Waals surface area contributed by atoms with Crippen molar-refractivity contribution < 1.29 is 4.79 Å². The maximum atomic E-state index is 11.9. The summed E-state index contributed by atoms with van der Waals surface area (Å²) in [5.41, 5.74) is 6.38. The summed E-state index contributed by atoms with van der Waals surface area (Å²) < 4.78 is 0. The third kappa shape index (κ3) is 2.65. The van der Waals surface area contributed by atoms with Gasteiger partial charge in [0.25, 0.3) is 0 Å². The molecule has 1 aliphatic rings. The normalized spacial score (nSPS) is 24.2. The van der Waals surface area contributed by atoms with E-state index < -0.39 is 0 Å². The summed E-state index contributed by atoms with van der Waals surface area (Å²) in [7, 11) is 0. The summed E-state index contributed by atoms with van der Waals surface area (Å²) in [6, 6.07) is 0.183. The van der Waals surface area contributed by atoms with Crippen LogP contribution in [0.5, 0.6) is 0 Å². The largest absolute Gasteiger partial charge is 0.352 e. The zero-order chi connectivity index (χ0) is 13.6. The van der Waals surface area contributed by atoms with Crippen molar-refractivity contribution in [3.8, 4) is 0 Å². The maximum Gasteiger partial charge on any atom is 0.221 e. The monoisotopic (exact) mass is 240 g/mol. The molecule has 0 spiro atoms. The third-order valence-electron chi connectivity index (χ3n) is 4.84. The van der Waals surface area contributed by atoms with Crippen LogP contribution in [0.2, 0.25) is 0 Å². The van der Waals surface area contributed by atoms with E-state index in [2.05, 4.69) is 53.8 Å². The lowest BCUT2D eigenvalue weighted by molar-refractivity contribution is -0.122. The first kappa shape index (κ1) is 14.5. The zero-order valence-electron chi connectivity index (χ0n) is 12.3. The molecule has 3 nitrogen and oxygen atoms in total. The first-order chi connectivity index (χ1) is 7.40. The van der Waals surface area contributed by atoms with Gasteiger partial charge in [0.05, 0.1) is 0 Å². The predicted molar refractivity (Wildman–Crippen MR) is 71.5 cm³/mol. The van der Waals surface area contributed by atoms with Crippen molar-refractivity contribution in [3.05, 3.63) is 0 Å². The van der Waals surface area contributed by atoms with Crippen LogP contribution >= 0.6 is 0 Å². The Morgan fingerprint density at radius 2 is 1.65 bits per heavy atom. The molecule has 100 valence electrons. The summed E-state index contributed by atoms with van der Waals surface area (Å²) in [5.74, 6) is 0.0797. The minimum atomic E-state index is -0.0903. The molecule has 17 heavy (non-hydrogen) atoms. The van der Waals surface area contributed by atoms with Crippen molar-refractivity contribution in [2.75, 3.05) is 0 Å². The fourth-order valence-corrected chi connectivity index (χ4v) is 2.28. The maximum absolute atomic E-state index is 11.9. The van der Waals surface area contributed by atoms with Crippen LogP contribution in [0.4, 0.5) is 0 Å². The van der Waals surface area contributed by atoms with E-state index >= 15 is 0 Å². The van der Waals surface area contributed by atoms with E-state index in [1.165, 1.54) is 0 Å². The molecule has 0 aromatic carbocycles. The summed E-state index contributed by atoms with van der Waals surface area (Å²) in [6.45, 7) is 15.0. The van der Waals surface area contributed by atoms with Crippen molar-refractivity contribution in [2.24, 2.45) is 22.0 Å². The van der Waals surface area contributed by atoms with Crippen LogP contribution in [-0.2, 0) is 4.79 Å². The zero-order valence-corrected chi connectivity index (χ0v) is 12.3. The summed E-state index contributed by atoms with van der Waals surface area (Å²) in [5, 5.41) is 3.12. The van der Waals surface area contributed by atoms with E-state index in [1.807, 2.05) is 0 Å². The molecule has 0 aliphatic heterocycles. The van der Waals surface area contributed by atoms with Gasteiger partial charge < -0.3 is 11.1 Å². The Bertz CT molecular complexity index is 299. The molecule has 1 fully saturated rings. The Kier molecular flexibility index (Phi) is 3.39. The number of nitrogens with two attached hydrogens (primary N) is 1.